The molecule has 4 heteroatoms. The lowest BCUT2D eigenvalue weighted by atomic mass is 9.68. The van der Waals surface area contributed by atoms with Crippen LogP contribution in [0.15, 0.2) is 6.07 Å². The summed E-state index contributed by atoms with van der Waals surface area (Å²) in [6.07, 6.45) is 4.28. The average Bonchev–Trinajstić information content (AvgIpc) is 2.50. The van der Waals surface area contributed by atoms with Gasteiger partial charge in [-0.3, -0.25) is 4.79 Å². The van der Waals surface area contributed by atoms with E-state index in [2.05, 4.69) is 0 Å². The summed E-state index contributed by atoms with van der Waals surface area (Å²) < 4.78 is 11.0. The SMILES string of the molecule is COc1cc(C2(C(=O)O)CCCCC2)c(OC)c(C)c1C. The Hall–Kier alpha value is -1.71. The second kappa shape index (κ2) is 5.96. The monoisotopic (exact) mass is 292 g/mol. The van der Waals surface area contributed by atoms with Crippen molar-refractivity contribution in [1.82, 2.24) is 0 Å². The van der Waals surface area contributed by atoms with E-state index < -0.39 is 11.4 Å². The Morgan fingerprint density at radius 2 is 1.71 bits per heavy atom. The highest BCUT2D eigenvalue weighted by Crippen LogP contribution is 2.47. The Kier molecular flexibility index (Phi) is 4.45. The van der Waals surface area contributed by atoms with Crippen LogP contribution < -0.4 is 9.47 Å². The molecule has 1 aliphatic rings. The summed E-state index contributed by atoms with van der Waals surface area (Å²) in [7, 11) is 3.22. The van der Waals surface area contributed by atoms with Crippen LogP contribution in [0.1, 0.15) is 48.8 Å². The van der Waals surface area contributed by atoms with Crippen LogP contribution >= 0.6 is 0 Å². The second-order valence-electron chi connectivity index (χ2n) is 5.86. The fraction of sp³-hybridized carbons (Fsp3) is 0.588. The van der Waals surface area contributed by atoms with Gasteiger partial charge in [0.15, 0.2) is 0 Å². The van der Waals surface area contributed by atoms with Crippen molar-refractivity contribution in [2.24, 2.45) is 0 Å². The predicted octanol–water partition coefficient (Wildman–Crippen LogP) is 3.61. The summed E-state index contributed by atoms with van der Waals surface area (Å²) in [5.41, 5.74) is 1.86. The highest BCUT2D eigenvalue weighted by molar-refractivity contribution is 5.83. The number of methoxy groups -OCH3 is 2. The van der Waals surface area contributed by atoms with Crippen molar-refractivity contribution >= 4 is 5.97 Å². The Balaban J connectivity index is 2.70. The van der Waals surface area contributed by atoms with Crippen LogP contribution in [0.5, 0.6) is 11.5 Å². The molecule has 1 saturated carbocycles. The second-order valence-corrected chi connectivity index (χ2v) is 5.86. The highest BCUT2D eigenvalue weighted by Gasteiger charge is 2.44. The van der Waals surface area contributed by atoms with Gasteiger partial charge < -0.3 is 14.6 Å². The smallest absolute Gasteiger partial charge is 0.314 e. The number of hydrogen-bond acceptors (Lipinski definition) is 3. The van der Waals surface area contributed by atoms with Gasteiger partial charge in [-0.2, -0.15) is 0 Å². The molecular formula is C17H24O4. The Bertz CT molecular complexity index is 542. The van der Waals surface area contributed by atoms with Crippen LogP contribution in [-0.4, -0.2) is 25.3 Å². The molecular weight excluding hydrogens is 268 g/mol. The van der Waals surface area contributed by atoms with E-state index >= 15 is 0 Å². The van der Waals surface area contributed by atoms with Gasteiger partial charge in [-0.25, -0.2) is 0 Å². The Labute approximate surface area is 126 Å². The van der Waals surface area contributed by atoms with Gasteiger partial charge in [0.1, 0.15) is 11.5 Å². The normalized spacial score (nSPS) is 17.3. The van der Waals surface area contributed by atoms with Gasteiger partial charge in [-0.15, -0.1) is 0 Å². The van der Waals surface area contributed by atoms with Gasteiger partial charge in [0.25, 0.3) is 0 Å². The van der Waals surface area contributed by atoms with E-state index in [-0.39, 0.29) is 0 Å². The van der Waals surface area contributed by atoms with Crippen molar-refractivity contribution in [3.05, 3.63) is 22.8 Å². The number of ether oxygens (including phenoxy) is 2. The first-order valence-corrected chi connectivity index (χ1v) is 7.44. The van der Waals surface area contributed by atoms with Crippen molar-refractivity contribution in [3.63, 3.8) is 0 Å². The lowest BCUT2D eigenvalue weighted by molar-refractivity contribution is -0.145. The van der Waals surface area contributed by atoms with Crippen LogP contribution in [0.2, 0.25) is 0 Å². The van der Waals surface area contributed by atoms with E-state index in [1.807, 2.05) is 19.9 Å². The molecule has 1 aromatic rings. The third kappa shape index (κ3) is 2.47. The Morgan fingerprint density at radius 3 is 2.19 bits per heavy atom. The minimum absolute atomic E-state index is 0.657. The molecule has 0 atom stereocenters. The minimum Gasteiger partial charge on any atom is -0.496 e. The molecule has 0 heterocycles. The first kappa shape index (κ1) is 15.7. The van der Waals surface area contributed by atoms with Crippen LogP contribution in [0.4, 0.5) is 0 Å². The van der Waals surface area contributed by atoms with E-state index in [1.165, 1.54) is 0 Å². The number of hydrogen-bond donors (Lipinski definition) is 1. The number of benzene rings is 1. The van der Waals surface area contributed by atoms with E-state index in [0.717, 1.165) is 41.7 Å². The standard InChI is InChI=1S/C17H24O4/c1-11-12(2)15(21-4)13(10-14(11)20-3)17(16(18)19)8-6-5-7-9-17/h10H,5-9H2,1-4H3,(H,18,19). The average molecular weight is 292 g/mol. The summed E-state index contributed by atoms with van der Waals surface area (Å²) in [4.78, 5) is 12.0. The number of aliphatic carboxylic acids is 1. The minimum atomic E-state index is -0.852. The van der Waals surface area contributed by atoms with Gasteiger partial charge in [-0.1, -0.05) is 19.3 Å². The van der Waals surface area contributed by atoms with E-state index in [1.54, 1.807) is 14.2 Å². The molecule has 2 rings (SSSR count). The summed E-state index contributed by atoms with van der Waals surface area (Å²) >= 11 is 0. The first-order chi connectivity index (χ1) is 9.97. The molecule has 0 aromatic heterocycles. The number of carboxylic acid groups (broad SMARTS) is 1. The number of carbonyl (C=O) groups is 1. The third-order valence-electron chi connectivity index (χ3n) is 4.85. The third-order valence-corrected chi connectivity index (χ3v) is 4.85. The Morgan fingerprint density at radius 1 is 1.10 bits per heavy atom. The van der Waals surface area contributed by atoms with Crippen molar-refractivity contribution in [1.29, 1.82) is 0 Å². The van der Waals surface area contributed by atoms with E-state index in [9.17, 15) is 9.90 Å². The number of rotatable bonds is 4. The van der Waals surface area contributed by atoms with Gasteiger partial charge in [-0.05, 0) is 43.9 Å². The topological polar surface area (TPSA) is 55.8 Å². The quantitative estimate of drug-likeness (QED) is 0.921. The lowest BCUT2D eigenvalue weighted by Crippen LogP contribution is -2.38. The largest absolute Gasteiger partial charge is 0.496 e. The zero-order chi connectivity index (χ0) is 15.6. The molecule has 116 valence electrons. The maximum Gasteiger partial charge on any atom is 0.314 e. The molecule has 0 bridgehead atoms. The summed E-state index contributed by atoms with van der Waals surface area (Å²) in [6.45, 7) is 3.92. The number of carboxylic acids is 1. The zero-order valence-corrected chi connectivity index (χ0v) is 13.3. The van der Waals surface area contributed by atoms with Crippen molar-refractivity contribution < 1.29 is 19.4 Å². The molecule has 1 N–H and O–H groups in total. The molecule has 0 aliphatic heterocycles. The molecule has 4 nitrogen and oxygen atoms in total. The van der Waals surface area contributed by atoms with E-state index in [0.29, 0.717) is 18.6 Å². The summed E-state index contributed by atoms with van der Waals surface area (Å²) in [5, 5.41) is 9.89. The fourth-order valence-electron chi connectivity index (χ4n) is 3.45. The highest BCUT2D eigenvalue weighted by atomic mass is 16.5. The maximum absolute atomic E-state index is 12.0. The maximum atomic E-state index is 12.0. The molecule has 1 aliphatic carbocycles. The predicted molar refractivity (Wildman–Crippen MR) is 81.4 cm³/mol. The fourth-order valence-corrected chi connectivity index (χ4v) is 3.45. The molecule has 0 radical (unpaired) electrons. The molecule has 1 aromatic carbocycles. The van der Waals surface area contributed by atoms with Gasteiger partial charge in [0, 0.05) is 5.56 Å². The van der Waals surface area contributed by atoms with Gasteiger partial charge in [0.05, 0.1) is 19.6 Å². The summed E-state index contributed by atoms with van der Waals surface area (Å²) in [6, 6.07) is 1.86. The van der Waals surface area contributed by atoms with Gasteiger partial charge >= 0.3 is 5.97 Å². The summed E-state index contributed by atoms with van der Waals surface area (Å²) in [5.74, 6) is 0.665. The van der Waals surface area contributed by atoms with Crippen LogP contribution in [0, 0.1) is 13.8 Å². The molecule has 1 fully saturated rings. The van der Waals surface area contributed by atoms with Crippen molar-refractivity contribution in [2.45, 2.75) is 51.4 Å². The van der Waals surface area contributed by atoms with Crippen molar-refractivity contribution in [2.75, 3.05) is 14.2 Å². The first-order valence-electron chi connectivity index (χ1n) is 7.44. The molecule has 0 saturated heterocycles. The molecule has 0 spiro atoms. The zero-order valence-electron chi connectivity index (χ0n) is 13.3. The van der Waals surface area contributed by atoms with Crippen LogP contribution in [0.25, 0.3) is 0 Å². The molecule has 0 amide bonds. The van der Waals surface area contributed by atoms with Gasteiger partial charge in [0.2, 0.25) is 0 Å². The van der Waals surface area contributed by atoms with Crippen LogP contribution in [-0.2, 0) is 10.2 Å². The van der Waals surface area contributed by atoms with Crippen LogP contribution in [0.3, 0.4) is 0 Å². The lowest BCUT2D eigenvalue weighted by Gasteiger charge is -2.35. The molecule has 21 heavy (non-hydrogen) atoms. The molecule has 0 unspecified atom stereocenters. The van der Waals surface area contributed by atoms with Crippen molar-refractivity contribution in [3.8, 4) is 11.5 Å². The van der Waals surface area contributed by atoms with E-state index in [4.69, 9.17) is 9.47 Å².